The van der Waals surface area contributed by atoms with E-state index in [4.69, 9.17) is 9.47 Å². The first-order chi connectivity index (χ1) is 14.8. The number of allylic oxidation sites excluding steroid dienone is 1. The van der Waals surface area contributed by atoms with E-state index in [1.807, 2.05) is 76.2 Å². The maximum absolute atomic E-state index is 13.2. The topological polar surface area (TPSA) is 55.8 Å². The molecule has 0 unspecified atom stereocenters. The molecule has 5 nitrogen and oxygen atoms in total. The van der Waals surface area contributed by atoms with E-state index in [0.29, 0.717) is 30.2 Å². The number of carbonyl (C=O) groups excluding carboxylic acids is 2. The minimum absolute atomic E-state index is 0.00805. The van der Waals surface area contributed by atoms with Gasteiger partial charge in [0.2, 0.25) is 5.91 Å². The number of hydrogen-bond donors (Lipinski definition) is 0. The molecule has 0 bridgehead atoms. The van der Waals surface area contributed by atoms with Crippen LogP contribution in [0.1, 0.15) is 49.8 Å². The van der Waals surface area contributed by atoms with Gasteiger partial charge in [-0.25, -0.2) is 4.79 Å². The summed E-state index contributed by atoms with van der Waals surface area (Å²) in [6.07, 6.45) is 0.211. The fourth-order valence-corrected chi connectivity index (χ4v) is 3.81. The molecule has 1 amide bonds. The monoisotopic (exact) mass is 421 g/mol. The number of aryl methyl sites for hydroxylation is 1. The summed E-state index contributed by atoms with van der Waals surface area (Å²) in [5, 5.41) is 0. The average molecular weight is 422 g/mol. The lowest BCUT2D eigenvalue weighted by Crippen LogP contribution is -2.38. The van der Waals surface area contributed by atoms with Gasteiger partial charge in [0, 0.05) is 18.0 Å². The van der Waals surface area contributed by atoms with Crippen LogP contribution in [-0.4, -0.2) is 30.5 Å². The second-order valence-corrected chi connectivity index (χ2v) is 8.49. The van der Waals surface area contributed by atoms with Crippen molar-refractivity contribution in [2.24, 2.45) is 5.92 Å². The molecule has 2 aromatic rings. The summed E-state index contributed by atoms with van der Waals surface area (Å²) in [6, 6.07) is 15.6. The molecule has 0 fully saturated rings. The normalized spacial score (nSPS) is 16.6. The molecule has 0 radical (unpaired) electrons. The van der Waals surface area contributed by atoms with E-state index in [1.54, 1.807) is 12.0 Å². The number of esters is 1. The second-order valence-electron chi connectivity index (χ2n) is 8.49. The lowest BCUT2D eigenvalue weighted by atomic mass is 9.83. The molecule has 1 aliphatic rings. The Labute approximate surface area is 184 Å². The Morgan fingerprint density at radius 3 is 2.48 bits per heavy atom. The third-order valence-corrected chi connectivity index (χ3v) is 5.55. The molecule has 0 aromatic heterocycles. The number of nitrogens with zero attached hydrogens (tertiary/aromatic N) is 1. The molecule has 164 valence electrons. The molecule has 0 saturated heterocycles. The highest BCUT2D eigenvalue weighted by molar-refractivity contribution is 5.95. The van der Waals surface area contributed by atoms with E-state index in [1.165, 1.54) is 0 Å². The van der Waals surface area contributed by atoms with Crippen LogP contribution in [0.5, 0.6) is 5.75 Å². The zero-order valence-corrected chi connectivity index (χ0v) is 19.0. The van der Waals surface area contributed by atoms with Crippen molar-refractivity contribution in [3.63, 3.8) is 0 Å². The Kier molecular flexibility index (Phi) is 7.16. The van der Waals surface area contributed by atoms with Gasteiger partial charge in [0.05, 0.1) is 25.8 Å². The van der Waals surface area contributed by atoms with Gasteiger partial charge in [0.15, 0.2) is 0 Å². The van der Waals surface area contributed by atoms with Gasteiger partial charge in [-0.3, -0.25) is 4.79 Å². The summed E-state index contributed by atoms with van der Waals surface area (Å²) in [7, 11) is 1.60. The molecular weight excluding hydrogens is 390 g/mol. The zero-order chi connectivity index (χ0) is 22.5. The quantitative estimate of drug-likeness (QED) is 0.591. The van der Waals surface area contributed by atoms with Gasteiger partial charge in [-0.1, -0.05) is 55.8 Å². The molecule has 1 aliphatic heterocycles. The van der Waals surface area contributed by atoms with Gasteiger partial charge in [0.25, 0.3) is 0 Å². The van der Waals surface area contributed by atoms with E-state index in [2.05, 4.69) is 0 Å². The standard InChI is InChI=1S/C26H31NO4/c1-17(2)16-31-26(29)25-19(4)27(15-20-11-9-18(3)10-12-20)24(28)14-23(25)21-7-6-8-22(13-21)30-5/h6-13,17,23H,14-16H2,1-5H3/t23-/m1/s1. The second kappa shape index (κ2) is 9.82. The van der Waals surface area contributed by atoms with E-state index in [0.717, 1.165) is 16.7 Å². The molecule has 31 heavy (non-hydrogen) atoms. The van der Waals surface area contributed by atoms with E-state index >= 15 is 0 Å². The summed E-state index contributed by atoms with van der Waals surface area (Å²) >= 11 is 0. The summed E-state index contributed by atoms with van der Waals surface area (Å²) < 4.78 is 11.0. The van der Waals surface area contributed by atoms with Gasteiger partial charge in [-0.2, -0.15) is 0 Å². The van der Waals surface area contributed by atoms with Crippen molar-refractivity contribution < 1.29 is 19.1 Å². The van der Waals surface area contributed by atoms with Gasteiger partial charge >= 0.3 is 5.97 Å². The molecule has 5 heteroatoms. The summed E-state index contributed by atoms with van der Waals surface area (Å²) in [4.78, 5) is 28.0. The predicted molar refractivity (Wildman–Crippen MR) is 121 cm³/mol. The van der Waals surface area contributed by atoms with Crippen molar-refractivity contribution in [3.05, 3.63) is 76.5 Å². The van der Waals surface area contributed by atoms with Crippen molar-refractivity contribution in [1.29, 1.82) is 0 Å². The molecule has 0 saturated carbocycles. The van der Waals surface area contributed by atoms with Crippen molar-refractivity contribution in [2.45, 2.75) is 46.6 Å². The van der Waals surface area contributed by atoms with E-state index < -0.39 is 0 Å². The number of rotatable bonds is 7. The fraction of sp³-hybridized carbons (Fsp3) is 0.385. The Hall–Kier alpha value is -3.08. The first-order valence-corrected chi connectivity index (χ1v) is 10.7. The Morgan fingerprint density at radius 2 is 1.84 bits per heavy atom. The largest absolute Gasteiger partial charge is 0.497 e. The lowest BCUT2D eigenvalue weighted by Gasteiger charge is -2.34. The van der Waals surface area contributed by atoms with Crippen LogP contribution in [-0.2, 0) is 20.9 Å². The third kappa shape index (κ3) is 5.35. The number of amides is 1. The Balaban J connectivity index is 2.01. The first kappa shape index (κ1) is 22.6. The first-order valence-electron chi connectivity index (χ1n) is 10.7. The molecular formula is C26H31NO4. The summed E-state index contributed by atoms with van der Waals surface area (Å²) in [6.45, 7) is 8.64. The molecule has 0 spiro atoms. The number of methoxy groups -OCH3 is 1. The molecule has 1 atom stereocenters. The Bertz CT molecular complexity index is 975. The highest BCUT2D eigenvalue weighted by atomic mass is 16.5. The van der Waals surface area contributed by atoms with Crippen molar-refractivity contribution >= 4 is 11.9 Å². The maximum Gasteiger partial charge on any atom is 0.336 e. The SMILES string of the molecule is COc1cccc([C@H]2CC(=O)N(Cc3ccc(C)cc3)C(C)=C2C(=O)OCC(C)C)c1. The van der Waals surface area contributed by atoms with E-state index in [9.17, 15) is 9.59 Å². The van der Waals surface area contributed by atoms with Crippen LogP contribution in [0, 0.1) is 12.8 Å². The minimum Gasteiger partial charge on any atom is -0.497 e. The summed E-state index contributed by atoms with van der Waals surface area (Å²) in [5.41, 5.74) is 4.25. The van der Waals surface area contributed by atoms with Crippen molar-refractivity contribution in [3.8, 4) is 5.75 Å². The number of ether oxygens (including phenoxy) is 2. The molecule has 2 aromatic carbocycles. The van der Waals surface area contributed by atoms with Crippen LogP contribution in [0.3, 0.4) is 0 Å². The summed E-state index contributed by atoms with van der Waals surface area (Å²) in [5.74, 6) is 0.192. The predicted octanol–water partition coefficient (Wildman–Crippen LogP) is 4.99. The average Bonchev–Trinajstić information content (AvgIpc) is 2.76. The van der Waals surface area contributed by atoms with Gasteiger partial charge in [-0.05, 0) is 43.0 Å². The van der Waals surface area contributed by atoms with Crippen LogP contribution in [0.15, 0.2) is 59.8 Å². The lowest BCUT2D eigenvalue weighted by molar-refractivity contribution is -0.141. The van der Waals surface area contributed by atoms with Crippen LogP contribution in [0.25, 0.3) is 0 Å². The van der Waals surface area contributed by atoms with Crippen molar-refractivity contribution in [2.75, 3.05) is 13.7 Å². The molecule has 1 heterocycles. The van der Waals surface area contributed by atoms with Crippen LogP contribution in [0.4, 0.5) is 0 Å². The van der Waals surface area contributed by atoms with Gasteiger partial charge in [-0.15, -0.1) is 0 Å². The molecule has 0 N–H and O–H groups in total. The third-order valence-electron chi connectivity index (χ3n) is 5.55. The Morgan fingerprint density at radius 1 is 1.13 bits per heavy atom. The van der Waals surface area contributed by atoms with Crippen molar-refractivity contribution in [1.82, 2.24) is 4.90 Å². The van der Waals surface area contributed by atoms with Gasteiger partial charge < -0.3 is 14.4 Å². The highest BCUT2D eigenvalue weighted by Crippen LogP contribution is 2.38. The maximum atomic E-state index is 13.2. The van der Waals surface area contributed by atoms with Crippen LogP contribution in [0.2, 0.25) is 0 Å². The van der Waals surface area contributed by atoms with Crippen LogP contribution < -0.4 is 4.74 Å². The minimum atomic E-state index is -0.364. The smallest absolute Gasteiger partial charge is 0.336 e. The number of benzene rings is 2. The molecule has 3 rings (SSSR count). The van der Waals surface area contributed by atoms with Crippen LogP contribution >= 0.6 is 0 Å². The van der Waals surface area contributed by atoms with Gasteiger partial charge in [0.1, 0.15) is 5.75 Å². The number of hydrogen-bond acceptors (Lipinski definition) is 4. The number of carbonyl (C=O) groups is 2. The fourth-order valence-electron chi connectivity index (χ4n) is 3.81. The molecule has 0 aliphatic carbocycles. The highest BCUT2D eigenvalue weighted by Gasteiger charge is 2.37. The zero-order valence-electron chi connectivity index (χ0n) is 19.0. The van der Waals surface area contributed by atoms with E-state index in [-0.39, 0.29) is 30.1 Å².